The molecule has 39 heavy (non-hydrogen) atoms. The predicted molar refractivity (Wildman–Crippen MR) is 151 cm³/mol. The maximum absolute atomic E-state index is 13.1. The number of amides is 5. The van der Waals surface area contributed by atoms with Crippen LogP contribution in [0.25, 0.3) is 6.08 Å². The molecule has 0 bridgehead atoms. The SMILES string of the molecule is CCOc1cc(/C=C2\C(=O)NC(=O)N(c3ccc(Br)cc3)C2=O)ccc1OCC(=O)Nc1ccc(C)c(Cl)c1. The summed E-state index contributed by atoms with van der Waals surface area (Å²) in [6.45, 7) is 3.65. The summed E-state index contributed by atoms with van der Waals surface area (Å²) >= 11 is 9.42. The molecule has 1 aliphatic heterocycles. The molecule has 200 valence electrons. The van der Waals surface area contributed by atoms with Crippen LogP contribution >= 0.6 is 27.5 Å². The summed E-state index contributed by atoms with van der Waals surface area (Å²) in [5.41, 5.74) is 1.96. The van der Waals surface area contributed by atoms with Crippen LogP contribution in [0.15, 0.2) is 70.7 Å². The first-order valence-electron chi connectivity index (χ1n) is 11.8. The van der Waals surface area contributed by atoms with Gasteiger partial charge in [-0.1, -0.05) is 39.7 Å². The van der Waals surface area contributed by atoms with Gasteiger partial charge in [0.15, 0.2) is 18.1 Å². The van der Waals surface area contributed by atoms with Gasteiger partial charge in [0.05, 0.1) is 12.3 Å². The third-order valence-corrected chi connectivity index (χ3v) is 6.52. The highest BCUT2D eigenvalue weighted by Crippen LogP contribution is 2.31. The summed E-state index contributed by atoms with van der Waals surface area (Å²) in [5, 5.41) is 5.44. The third-order valence-electron chi connectivity index (χ3n) is 5.58. The number of nitrogens with one attached hydrogen (secondary N) is 2. The standard InChI is InChI=1S/C28H23BrClN3O6/c1-3-38-24-13-17(5-11-23(24)39-15-25(34)31-19-8-4-16(2)22(30)14-19)12-21-26(35)32-28(37)33(27(21)36)20-9-6-18(29)7-10-20/h4-14H,3,15H2,1-2H3,(H,31,34)(H,32,35,37)/b21-12+. The molecule has 0 spiro atoms. The van der Waals surface area contributed by atoms with Crippen molar-refractivity contribution < 1.29 is 28.7 Å². The number of benzene rings is 3. The summed E-state index contributed by atoms with van der Waals surface area (Å²) in [5.74, 6) is -1.38. The molecule has 1 aliphatic rings. The number of imide groups is 2. The van der Waals surface area contributed by atoms with E-state index >= 15 is 0 Å². The van der Waals surface area contributed by atoms with E-state index in [2.05, 4.69) is 26.6 Å². The molecular formula is C28H23BrClN3O6. The zero-order valence-corrected chi connectivity index (χ0v) is 23.3. The van der Waals surface area contributed by atoms with Gasteiger partial charge in [-0.2, -0.15) is 0 Å². The van der Waals surface area contributed by atoms with Gasteiger partial charge in [-0.05, 0) is 79.6 Å². The lowest BCUT2D eigenvalue weighted by atomic mass is 10.1. The van der Waals surface area contributed by atoms with Crippen LogP contribution in [-0.2, 0) is 14.4 Å². The Hall–Kier alpha value is -4.15. The summed E-state index contributed by atoms with van der Waals surface area (Å²) in [4.78, 5) is 51.4. The molecule has 1 heterocycles. The fourth-order valence-electron chi connectivity index (χ4n) is 3.66. The summed E-state index contributed by atoms with van der Waals surface area (Å²) in [6.07, 6.45) is 1.36. The molecular weight excluding hydrogens is 590 g/mol. The minimum Gasteiger partial charge on any atom is -0.490 e. The van der Waals surface area contributed by atoms with Crippen molar-refractivity contribution in [2.24, 2.45) is 0 Å². The van der Waals surface area contributed by atoms with Crippen LogP contribution in [0, 0.1) is 6.92 Å². The number of hydrogen-bond acceptors (Lipinski definition) is 6. The van der Waals surface area contributed by atoms with Gasteiger partial charge in [0.1, 0.15) is 5.57 Å². The number of ether oxygens (including phenoxy) is 2. The summed E-state index contributed by atoms with van der Waals surface area (Å²) < 4.78 is 12.1. The second kappa shape index (κ2) is 12.1. The molecule has 1 saturated heterocycles. The van der Waals surface area contributed by atoms with Crippen molar-refractivity contribution >= 4 is 68.7 Å². The first-order chi connectivity index (χ1) is 18.7. The van der Waals surface area contributed by atoms with E-state index in [1.165, 1.54) is 6.08 Å². The van der Waals surface area contributed by atoms with E-state index in [0.29, 0.717) is 40.1 Å². The monoisotopic (exact) mass is 611 g/mol. The van der Waals surface area contributed by atoms with Crippen LogP contribution in [0.2, 0.25) is 5.02 Å². The summed E-state index contributed by atoms with van der Waals surface area (Å²) in [6, 6.07) is 15.6. The molecule has 4 rings (SSSR count). The van der Waals surface area contributed by atoms with Crippen LogP contribution in [0.4, 0.5) is 16.2 Å². The lowest BCUT2D eigenvalue weighted by molar-refractivity contribution is -0.122. The van der Waals surface area contributed by atoms with Gasteiger partial charge in [-0.15, -0.1) is 0 Å². The lowest BCUT2D eigenvalue weighted by Gasteiger charge is -2.26. The van der Waals surface area contributed by atoms with Crippen molar-refractivity contribution in [2.75, 3.05) is 23.4 Å². The molecule has 3 aromatic carbocycles. The van der Waals surface area contributed by atoms with Gasteiger partial charge < -0.3 is 14.8 Å². The molecule has 0 atom stereocenters. The van der Waals surface area contributed by atoms with Crippen LogP contribution in [0.1, 0.15) is 18.1 Å². The molecule has 0 aromatic heterocycles. The average molecular weight is 613 g/mol. The normalized spacial score (nSPS) is 14.3. The third kappa shape index (κ3) is 6.65. The van der Waals surface area contributed by atoms with Crippen molar-refractivity contribution in [3.05, 3.63) is 86.9 Å². The second-order valence-corrected chi connectivity index (χ2v) is 9.70. The molecule has 3 aromatic rings. The number of barbiturate groups is 1. The minimum atomic E-state index is -0.839. The number of urea groups is 1. The van der Waals surface area contributed by atoms with Gasteiger partial charge >= 0.3 is 6.03 Å². The lowest BCUT2D eigenvalue weighted by Crippen LogP contribution is -2.54. The van der Waals surface area contributed by atoms with Crippen molar-refractivity contribution in [3.63, 3.8) is 0 Å². The van der Waals surface area contributed by atoms with Gasteiger partial charge in [0.25, 0.3) is 17.7 Å². The molecule has 2 N–H and O–H groups in total. The Balaban J connectivity index is 1.52. The maximum atomic E-state index is 13.1. The molecule has 11 heteroatoms. The van der Waals surface area contributed by atoms with E-state index in [9.17, 15) is 19.2 Å². The highest BCUT2D eigenvalue weighted by molar-refractivity contribution is 9.10. The number of carbonyl (C=O) groups is 4. The molecule has 0 aliphatic carbocycles. The Kier molecular flexibility index (Phi) is 8.68. The van der Waals surface area contributed by atoms with E-state index in [0.717, 1.165) is 14.9 Å². The zero-order valence-electron chi connectivity index (χ0n) is 20.9. The van der Waals surface area contributed by atoms with Crippen molar-refractivity contribution in [1.82, 2.24) is 5.32 Å². The van der Waals surface area contributed by atoms with Crippen LogP contribution < -0.4 is 25.0 Å². The molecule has 9 nitrogen and oxygen atoms in total. The Labute approximate surface area is 237 Å². The highest BCUT2D eigenvalue weighted by Gasteiger charge is 2.36. The van der Waals surface area contributed by atoms with E-state index < -0.39 is 23.8 Å². The molecule has 0 unspecified atom stereocenters. The van der Waals surface area contributed by atoms with E-state index in [4.69, 9.17) is 21.1 Å². The maximum Gasteiger partial charge on any atom is 0.335 e. The van der Waals surface area contributed by atoms with Crippen molar-refractivity contribution in [2.45, 2.75) is 13.8 Å². The molecule has 5 amide bonds. The topological polar surface area (TPSA) is 114 Å². The Bertz CT molecular complexity index is 1490. The van der Waals surface area contributed by atoms with Crippen LogP contribution in [-0.4, -0.2) is 37.0 Å². The van der Waals surface area contributed by atoms with Gasteiger partial charge in [0.2, 0.25) is 0 Å². The largest absolute Gasteiger partial charge is 0.490 e. The van der Waals surface area contributed by atoms with Gasteiger partial charge in [-0.3, -0.25) is 19.7 Å². The zero-order chi connectivity index (χ0) is 28.1. The molecule has 0 radical (unpaired) electrons. The van der Waals surface area contributed by atoms with E-state index in [-0.39, 0.29) is 12.2 Å². The van der Waals surface area contributed by atoms with Crippen molar-refractivity contribution in [3.8, 4) is 11.5 Å². The fourth-order valence-corrected chi connectivity index (χ4v) is 4.11. The number of rotatable bonds is 8. The quantitative estimate of drug-likeness (QED) is 0.257. The predicted octanol–water partition coefficient (Wildman–Crippen LogP) is 5.49. The van der Waals surface area contributed by atoms with Crippen molar-refractivity contribution in [1.29, 1.82) is 0 Å². The average Bonchev–Trinajstić information content (AvgIpc) is 2.89. The Morgan fingerprint density at radius 2 is 1.77 bits per heavy atom. The second-order valence-electron chi connectivity index (χ2n) is 8.37. The van der Waals surface area contributed by atoms with E-state index in [1.807, 2.05) is 6.92 Å². The number of aryl methyl sites for hydroxylation is 1. The van der Waals surface area contributed by atoms with Crippen LogP contribution in [0.5, 0.6) is 11.5 Å². The minimum absolute atomic E-state index is 0.232. The van der Waals surface area contributed by atoms with E-state index in [1.54, 1.807) is 67.6 Å². The molecule has 0 saturated carbocycles. The van der Waals surface area contributed by atoms with Crippen LogP contribution in [0.3, 0.4) is 0 Å². The first-order valence-corrected chi connectivity index (χ1v) is 13.0. The van der Waals surface area contributed by atoms with Gasteiger partial charge in [0, 0.05) is 15.2 Å². The fraction of sp³-hybridized carbons (Fsp3) is 0.143. The number of hydrogen-bond donors (Lipinski definition) is 2. The smallest absolute Gasteiger partial charge is 0.335 e. The highest BCUT2D eigenvalue weighted by atomic mass is 79.9. The first kappa shape index (κ1) is 27.9. The number of anilines is 2. The number of halogens is 2. The number of carbonyl (C=O) groups excluding carboxylic acids is 4. The Morgan fingerprint density at radius 3 is 2.46 bits per heavy atom. The summed E-state index contributed by atoms with van der Waals surface area (Å²) in [7, 11) is 0. The Morgan fingerprint density at radius 1 is 1.03 bits per heavy atom. The molecule has 1 fully saturated rings. The number of nitrogens with zero attached hydrogens (tertiary/aromatic N) is 1. The van der Waals surface area contributed by atoms with Gasteiger partial charge in [-0.25, -0.2) is 9.69 Å².